The predicted octanol–water partition coefficient (Wildman–Crippen LogP) is 5.37. The molecule has 0 radical (unpaired) electrons. The van der Waals surface area contributed by atoms with Gasteiger partial charge < -0.3 is 20.1 Å². The Kier molecular flexibility index (Phi) is 6.87. The third-order valence-electron chi connectivity index (χ3n) is 4.74. The lowest BCUT2D eigenvalue weighted by molar-refractivity contribution is -0.116. The summed E-state index contributed by atoms with van der Waals surface area (Å²) in [7, 11) is 0. The van der Waals surface area contributed by atoms with Crippen LogP contribution in [0.3, 0.4) is 0 Å². The van der Waals surface area contributed by atoms with Crippen molar-refractivity contribution in [1.29, 1.82) is 0 Å². The first-order valence-electron chi connectivity index (χ1n) is 9.98. The molecule has 3 aromatic carbocycles. The molecule has 1 unspecified atom stereocenters. The highest BCUT2D eigenvalue weighted by molar-refractivity contribution is 8.00. The van der Waals surface area contributed by atoms with Crippen molar-refractivity contribution in [1.82, 2.24) is 0 Å². The zero-order chi connectivity index (χ0) is 22.5. The highest BCUT2D eigenvalue weighted by atomic mass is 35.5. The summed E-state index contributed by atoms with van der Waals surface area (Å²) < 4.78 is 10.6. The van der Waals surface area contributed by atoms with Gasteiger partial charge in [-0.2, -0.15) is 0 Å². The zero-order valence-corrected chi connectivity index (χ0v) is 18.8. The number of fused-ring (bicyclic) bond motifs is 1. The van der Waals surface area contributed by atoms with E-state index in [-0.39, 0.29) is 30.3 Å². The van der Waals surface area contributed by atoms with Crippen molar-refractivity contribution >= 4 is 46.6 Å². The van der Waals surface area contributed by atoms with Gasteiger partial charge in [0.15, 0.2) is 11.5 Å². The first-order chi connectivity index (χ1) is 15.5. The number of hydrogen-bond acceptors (Lipinski definition) is 5. The number of hydrogen-bond donors (Lipinski definition) is 2. The number of carbonyl (C=O) groups excluding carboxylic acids is 2. The molecule has 4 rings (SSSR count). The fraction of sp³-hybridized carbons (Fsp3) is 0.167. The van der Waals surface area contributed by atoms with Crippen LogP contribution in [0.5, 0.6) is 11.5 Å². The molecule has 1 aliphatic heterocycles. The van der Waals surface area contributed by atoms with E-state index in [0.717, 1.165) is 10.5 Å². The molecule has 1 aliphatic rings. The largest absolute Gasteiger partial charge is 0.454 e. The fourth-order valence-corrected chi connectivity index (χ4v) is 4.08. The maximum atomic E-state index is 12.6. The number of nitrogens with one attached hydrogen (secondary N) is 2. The molecule has 0 aromatic heterocycles. The quantitative estimate of drug-likeness (QED) is 0.456. The molecule has 164 valence electrons. The minimum atomic E-state index is -0.314. The lowest BCUT2D eigenvalue weighted by Crippen LogP contribution is -2.22. The van der Waals surface area contributed by atoms with E-state index in [1.807, 2.05) is 43.3 Å². The van der Waals surface area contributed by atoms with Gasteiger partial charge in [-0.15, -0.1) is 11.8 Å². The summed E-state index contributed by atoms with van der Waals surface area (Å²) >= 11 is 7.31. The number of benzene rings is 3. The standard InChI is InChI=1S/C24H21ClN2O4S/c1-15(24(29)27-19-8-11-21-22(13-19)31-14-30-21)32-20-9-6-18(7-10-20)26-23(28)12-16-2-4-17(25)5-3-16/h2-11,13,15H,12,14H2,1H3,(H,26,28)(H,27,29). The second kappa shape index (κ2) is 9.97. The van der Waals surface area contributed by atoms with Crippen molar-refractivity contribution in [3.8, 4) is 11.5 Å². The van der Waals surface area contributed by atoms with Crippen LogP contribution in [0.2, 0.25) is 5.02 Å². The molecule has 6 nitrogen and oxygen atoms in total. The van der Waals surface area contributed by atoms with Crippen LogP contribution < -0.4 is 20.1 Å². The van der Waals surface area contributed by atoms with Gasteiger partial charge in [0.2, 0.25) is 18.6 Å². The molecule has 3 aromatic rings. The van der Waals surface area contributed by atoms with E-state index in [4.69, 9.17) is 21.1 Å². The monoisotopic (exact) mass is 468 g/mol. The molecule has 32 heavy (non-hydrogen) atoms. The molecule has 8 heteroatoms. The lowest BCUT2D eigenvalue weighted by atomic mass is 10.1. The van der Waals surface area contributed by atoms with Crippen LogP contribution in [0.25, 0.3) is 0 Å². The minimum absolute atomic E-state index is 0.107. The zero-order valence-electron chi connectivity index (χ0n) is 17.3. The normalized spacial score (nSPS) is 12.8. The average molecular weight is 469 g/mol. The van der Waals surface area contributed by atoms with Crippen LogP contribution in [-0.4, -0.2) is 23.9 Å². The molecule has 0 aliphatic carbocycles. The van der Waals surface area contributed by atoms with Crippen LogP contribution in [-0.2, 0) is 16.0 Å². The Morgan fingerprint density at radius 2 is 1.62 bits per heavy atom. The molecule has 1 heterocycles. The van der Waals surface area contributed by atoms with Gasteiger partial charge in [0.1, 0.15) is 0 Å². The average Bonchev–Trinajstić information content (AvgIpc) is 3.24. The smallest absolute Gasteiger partial charge is 0.237 e. The van der Waals surface area contributed by atoms with Crippen LogP contribution in [0, 0.1) is 0 Å². The predicted molar refractivity (Wildman–Crippen MR) is 127 cm³/mol. The third-order valence-corrected chi connectivity index (χ3v) is 6.10. The Morgan fingerprint density at radius 3 is 2.38 bits per heavy atom. The molecule has 2 N–H and O–H groups in total. The summed E-state index contributed by atoms with van der Waals surface area (Å²) in [5, 5.41) is 6.10. The topological polar surface area (TPSA) is 76.7 Å². The molecule has 0 spiro atoms. The van der Waals surface area contributed by atoms with Crippen molar-refractivity contribution in [3.63, 3.8) is 0 Å². The number of thioether (sulfide) groups is 1. The van der Waals surface area contributed by atoms with Crippen LogP contribution in [0.4, 0.5) is 11.4 Å². The van der Waals surface area contributed by atoms with E-state index < -0.39 is 0 Å². The van der Waals surface area contributed by atoms with E-state index in [9.17, 15) is 9.59 Å². The van der Waals surface area contributed by atoms with Crippen LogP contribution in [0.15, 0.2) is 71.6 Å². The number of rotatable bonds is 7. The summed E-state index contributed by atoms with van der Waals surface area (Å²) in [6.07, 6.45) is 0.269. The Balaban J connectivity index is 1.28. The summed E-state index contributed by atoms with van der Waals surface area (Å²) in [4.78, 5) is 25.7. The van der Waals surface area contributed by atoms with Crippen LogP contribution in [0.1, 0.15) is 12.5 Å². The van der Waals surface area contributed by atoms with Gasteiger partial charge in [-0.1, -0.05) is 23.7 Å². The molecular weight excluding hydrogens is 448 g/mol. The van der Waals surface area contributed by atoms with Crippen molar-refractivity contribution < 1.29 is 19.1 Å². The fourth-order valence-electron chi connectivity index (χ4n) is 3.09. The molecule has 0 saturated carbocycles. The Morgan fingerprint density at radius 1 is 0.938 bits per heavy atom. The van der Waals surface area contributed by atoms with Gasteiger partial charge in [0.05, 0.1) is 11.7 Å². The first kappa shape index (κ1) is 22.0. The first-order valence-corrected chi connectivity index (χ1v) is 11.2. The Bertz CT molecular complexity index is 1120. The Hall–Kier alpha value is -3.16. The highest BCUT2D eigenvalue weighted by Gasteiger charge is 2.18. The van der Waals surface area contributed by atoms with E-state index in [0.29, 0.717) is 27.9 Å². The molecule has 0 fully saturated rings. The number of ether oxygens (including phenoxy) is 2. The van der Waals surface area contributed by atoms with Crippen molar-refractivity contribution in [3.05, 3.63) is 77.3 Å². The Labute approximate surface area is 195 Å². The number of anilines is 2. The number of carbonyl (C=O) groups is 2. The van der Waals surface area contributed by atoms with Gasteiger partial charge >= 0.3 is 0 Å². The second-order valence-corrected chi connectivity index (χ2v) is 9.04. The van der Waals surface area contributed by atoms with Gasteiger partial charge in [-0.05, 0) is 61.0 Å². The van der Waals surface area contributed by atoms with Gasteiger partial charge in [0, 0.05) is 27.4 Å². The van der Waals surface area contributed by atoms with E-state index >= 15 is 0 Å². The number of amides is 2. The maximum Gasteiger partial charge on any atom is 0.237 e. The summed E-state index contributed by atoms with van der Waals surface area (Å²) in [6, 6.07) is 19.9. The minimum Gasteiger partial charge on any atom is -0.454 e. The molecule has 1 atom stereocenters. The van der Waals surface area contributed by atoms with Crippen LogP contribution >= 0.6 is 23.4 Å². The van der Waals surface area contributed by atoms with E-state index in [1.165, 1.54) is 11.8 Å². The van der Waals surface area contributed by atoms with Gasteiger partial charge in [-0.3, -0.25) is 9.59 Å². The molecule has 0 saturated heterocycles. The van der Waals surface area contributed by atoms with Gasteiger partial charge in [-0.25, -0.2) is 0 Å². The van der Waals surface area contributed by atoms with Gasteiger partial charge in [0.25, 0.3) is 0 Å². The maximum absolute atomic E-state index is 12.6. The van der Waals surface area contributed by atoms with Crippen molar-refractivity contribution in [2.75, 3.05) is 17.4 Å². The van der Waals surface area contributed by atoms with E-state index in [2.05, 4.69) is 10.6 Å². The van der Waals surface area contributed by atoms with E-state index in [1.54, 1.807) is 30.3 Å². The van der Waals surface area contributed by atoms with Crippen molar-refractivity contribution in [2.45, 2.75) is 23.5 Å². The summed E-state index contributed by atoms with van der Waals surface area (Å²) in [5.41, 5.74) is 2.25. The third kappa shape index (κ3) is 5.75. The SMILES string of the molecule is CC(Sc1ccc(NC(=O)Cc2ccc(Cl)cc2)cc1)C(=O)Nc1ccc2c(c1)OCO2. The lowest BCUT2D eigenvalue weighted by Gasteiger charge is -2.13. The van der Waals surface area contributed by atoms with Crippen molar-refractivity contribution in [2.24, 2.45) is 0 Å². The molecule has 0 bridgehead atoms. The number of halogens is 1. The molecular formula is C24H21ClN2O4S. The summed E-state index contributed by atoms with van der Waals surface area (Å²) in [5.74, 6) is 1.07. The molecule has 2 amide bonds. The second-order valence-electron chi connectivity index (χ2n) is 7.19. The highest BCUT2D eigenvalue weighted by Crippen LogP contribution is 2.34. The summed E-state index contributed by atoms with van der Waals surface area (Å²) in [6.45, 7) is 2.03.